The lowest BCUT2D eigenvalue weighted by molar-refractivity contribution is 0.199. The highest BCUT2D eigenvalue weighted by Crippen LogP contribution is 2.39. The molecule has 1 aliphatic rings. The van der Waals surface area contributed by atoms with Gasteiger partial charge in [-0.3, -0.25) is 9.29 Å². The largest absolute Gasteiger partial charge is 0.298 e. The van der Waals surface area contributed by atoms with E-state index in [1.165, 1.54) is 5.56 Å². The van der Waals surface area contributed by atoms with Gasteiger partial charge in [-0.2, -0.15) is 0 Å². The van der Waals surface area contributed by atoms with E-state index >= 15 is 0 Å². The molecule has 2 atom stereocenters. The molecule has 0 spiro atoms. The summed E-state index contributed by atoms with van der Waals surface area (Å²) in [5.74, 6) is 0.205. The van der Waals surface area contributed by atoms with E-state index in [1.807, 2.05) is 6.07 Å². The SMILES string of the molecule is CC[C@]1(C)CN(Cc2ccccc2)C[C@H]1CF. The molecule has 17 heavy (non-hydrogen) atoms. The first-order valence-corrected chi connectivity index (χ1v) is 6.50. The Bertz CT molecular complexity index is 351. The third kappa shape index (κ3) is 2.68. The number of alkyl halides is 1. The summed E-state index contributed by atoms with van der Waals surface area (Å²) in [5, 5.41) is 0. The number of benzene rings is 1. The number of nitrogens with zero attached hydrogens (tertiary/aromatic N) is 1. The van der Waals surface area contributed by atoms with Gasteiger partial charge < -0.3 is 0 Å². The summed E-state index contributed by atoms with van der Waals surface area (Å²) in [6, 6.07) is 10.5. The molecule has 1 fully saturated rings. The van der Waals surface area contributed by atoms with Crippen LogP contribution in [0.1, 0.15) is 25.8 Å². The molecule has 0 N–H and O–H groups in total. The van der Waals surface area contributed by atoms with Crippen LogP contribution in [0.3, 0.4) is 0 Å². The zero-order chi connectivity index (χ0) is 12.3. The Kier molecular flexibility index (Phi) is 3.82. The van der Waals surface area contributed by atoms with Crippen molar-refractivity contribution in [1.29, 1.82) is 0 Å². The molecule has 0 unspecified atom stereocenters. The van der Waals surface area contributed by atoms with Gasteiger partial charge in [0.25, 0.3) is 0 Å². The summed E-state index contributed by atoms with van der Waals surface area (Å²) in [6.45, 7) is 7.09. The van der Waals surface area contributed by atoms with Crippen molar-refractivity contribution in [3.63, 3.8) is 0 Å². The van der Waals surface area contributed by atoms with Crippen LogP contribution in [0.2, 0.25) is 0 Å². The molecule has 2 rings (SSSR count). The normalized spacial score (nSPS) is 29.7. The number of rotatable bonds is 4. The fourth-order valence-electron chi connectivity index (χ4n) is 2.83. The van der Waals surface area contributed by atoms with Gasteiger partial charge >= 0.3 is 0 Å². The molecule has 0 radical (unpaired) electrons. The second-order valence-corrected chi connectivity index (χ2v) is 5.51. The molecular weight excluding hydrogens is 213 g/mol. The summed E-state index contributed by atoms with van der Waals surface area (Å²) in [5.41, 5.74) is 1.48. The lowest BCUT2D eigenvalue weighted by Crippen LogP contribution is -2.27. The molecule has 1 saturated heterocycles. The van der Waals surface area contributed by atoms with E-state index in [2.05, 4.69) is 43.0 Å². The molecular formula is C15H22FN. The van der Waals surface area contributed by atoms with Crippen molar-refractivity contribution in [1.82, 2.24) is 4.90 Å². The molecule has 1 aromatic carbocycles. The smallest absolute Gasteiger partial charge is 0.0940 e. The van der Waals surface area contributed by atoms with Crippen molar-refractivity contribution >= 4 is 0 Å². The Morgan fingerprint density at radius 3 is 2.59 bits per heavy atom. The number of hydrogen-bond acceptors (Lipinski definition) is 1. The topological polar surface area (TPSA) is 3.24 Å². The molecule has 1 heterocycles. The van der Waals surface area contributed by atoms with Crippen molar-refractivity contribution < 1.29 is 4.39 Å². The van der Waals surface area contributed by atoms with E-state index in [9.17, 15) is 4.39 Å². The first kappa shape index (κ1) is 12.6. The molecule has 94 valence electrons. The van der Waals surface area contributed by atoms with Crippen LogP contribution in [0.25, 0.3) is 0 Å². The number of halogens is 1. The highest BCUT2D eigenvalue weighted by Gasteiger charge is 2.41. The molecule has 0 bridgehead atoms. The second kappa shape index (κ2) is 5.18. The Labute approximate surface area is 104 Å². The summed E-state index contributed by atoms with van der Waals surface area (Å²) in [7, 11) is 0. The minimum atomic E-state index is -0.185. The van der Waals surface area contributed by atoms with Crippen LogP contribution in [0.15, 0.2) is 30.3 Å². The van der Waals surface area contributed by atoms with Crippen LogP contribution in [-0.2, 0) is 6.54 Å². The van der Waals surface area contributed by atoms with E-state index in [0.717, 1.165) is 26.1 Å². The van der Waals surface area contributed by atoms with Gasteiger partial charge in [0.2, 0.25) is 0 Å². The standard InChI is InChI=1S/C15H22FN/c1-3-15(2)12-17(11-14(15)9-16)10-13-7-5-4-6-8-13/h4-8,14H,3,9-12H2,1-2H3/t14-,15-/m1/s1. The van der Waals surface area contributed by atoms with Gasteiger partial charge in [-0.05, 0) is 17.4 Å². The minimum Gasteiger partial charge on any atom is -0.298 e. The lowest BCUT2D eigenvalue weighted by Gasteiger charge is -2.27. The van der Waals surface area contributed by atoms with E-state index in [-0.39, 0.29) is 18.0 Å². The van der Waals surface area contributed by atoms with Gasteiger partial charge in [-0.1, -0.05) is 44.2 Å². The Balaban J connectivity index is 2.01. The van der Waals surface area contributed by atoms with Gasteiger partial charge in [0, 0.05) is 25.6 Å². The average molecular weight is 235 g/mol. The van der Waals surface area contributed by atoms with Crippen molar-refractivity contribution in [2.45, 2.75) is 26.8 Å². The van der Waals surface area contributed by atoms with Crippen LogP contribution in [0.5, 0.6) is 0 Å². The van der Waals surface area contributed by atoms with Gasteiger partial charge in [0.1, 0.15) is 0 Å². The minimum absolute atomic E-state index is 0.156. The molecule has 0 aromatic heterocycles. The van der Waals surface area contributed by atoms with Crippen molar-refractivity contribution in [3.05, 3.63) is 35.9 Å². The fraction of sp³-hybridized carbons (Fsp3) is 0.600. The summed E-state index contributed by atoms with van der Waals surface area (Å²) in [4.78, 5) is 2.39. The Hall–Kier alpha value is -0.890. The van der Waals surface area contributed by atoms with Crippen molar-refractivity contribution in [3.8, 4) is 0 Å². The van der Waals surface area contributed by atoms with Crippen LogP contribution < -0.4 is 0 Å². The number of hydrogen-bond donors (Lipinski definition) is 0. The molecule has 0 aliphatic carbocycles. The third-order valence-corrected chi connectivity index (χ3v) is 4.29. The molecule has 0 amide bonds. The first-order chi connectivity index (χ1) is 8.18. The highest BCUT2D eigenvalue weighted by molar-refractivity contribution is 5.15. The molecule has 0 saturated carbocycles. The van der Waals surface area contributed by atoms with Crippen molar-refractivity contribution in [2.24, 2.45) is 11.3 Å². The molecule has 2 heteroatoms. The third-order valence-electron chi connectivity index (χ3n) is 4.29. The van der Waals surface area contributed by atoms with Crippen LogP contribution in [0, 0.1) is 11.3 Å². The first-order valence-electron chi connectivity index (χ1n) is 6.50. The summed E-state index contributed by atoms with van der Waals surface area (Å²) < 4.78 is 13.1. The van der Waals surface area contributed by atoms with E-state index in [0.29, 0.717) is 0 Å². The van der Waals surface area contributed by atoms with Crippen molar-refractivity contribution in [2.75, 3.05) is 19.8 Å². The van der Waals surface area contributed by atoms with Crippen LogP contribution in [0.4, 0.5) is 4.39 Å². The Morgan fingerprint density at radius 2 is 2.06 bits per heavy atom. The molecule has 1 nitrogen and oxygen atoms in total. The van der Waals surface area contributed by atoms with E-state index in [1.54, 1.807) is 0 Å². The monoisotopic (exact) mass is 235 g/mol. The predicted molar refractivity (Wildman–Crippen MR) is 69.6 cm³/mol. The maximum absolute atomic E-state index is 13.1. The maximum Gasteiger partial charge on any atom is 0.0940 e. The van der Waals surface area contributed by atoms with E-state index < -0.39 is 0 Å². The van der Waals surface area contributed by atoms with E-state index in [4.69, 9.17) is 0 Å². The fourth-order valence-corrected chi connectivity index (χ4v) is 2.83. The zero-order valence-electron chi connectivity index (χ0n) is 10.8. The summed E-state index contributed by atoms with van der Waals surface area (Å²) >= 11 is 0. The quantitative estimate of drug-likeness (QED) is 0.772. The van der Waals surface area contributed by atoms with Crippen LogP contribution in [-0.4, -0.2) is 24.7 Å². The zero-order valence-corrected chi connectivity index (χ0v) is 10.8. The lowest BCUT2D eigenvalue weighted by atomic mass is 9.78. The molecule has 1 aromatic rings. The van der Waals surface area contributed by atoms with Gasteiger partial charge in [0.15, 0.2) is 0 Å². The van der Waals surface area contributed by atoms with Gasteiger partial charge in [-0.15, -0.1) is 0 Å². The summed E-state index contributed by atoms with van der Waals surface area (Å²) in [6.07, 6.45) is 1.06. The highest BCUT2D eigenvalue weighted by atomic mass is 19.1. The maximum atomic E-state index is 13.1. The van der Waals surface area contributed by atoms with Gasteiger partial charge in [0.05, 0.1) is 6.67 Å². The second-order valence-electron chi connectivity index (χ2n) is 5.51. The van der Waals surface area contributed by atoms with Crippen LogP contribution >= 0.6 is 0 Å². The molecule has 1 aliphatic heterocycles. The predicted octanol–water partition coefficient (Wildman–Crippen LogP) is 3.50. The number of likely N-dealkylation sites (tertiary alicyclic amines) is 1. The van der Waals surface area contributed by atoms with Gasteiger partial charge in [-0.25, -0.2) is 0 Å². The average Bonchev–Trinajstić information content (AvgIpc) is 2.67. The Morgan fingerprint density at radius 1 is 1.35 bits per heavy atom.